The molecule has 1 saturated carbocycles. The molecule has 33 heavy (non-hydrogen) atoms. The Balaban J connectivity index is 1.57. The van der Waals surface area contributed by atoms with Crippen molar-refractivity contribution in [3.63, 3.8) is 0 Å². The first-order valence-electron chi connectivity index (χ1n) is 11.4. The molecule has 0 N–H and O–H groups in total. The van der Waals surface area contributed by atoms with Crippen LogP contribution >= 0.6 is 0 Å². The van der Waals surface area contributed by atoms with Crippen molar-refractivity contribution in [1.29, 1.82) is 0 Å². The standard InChI is InChI=1S/C24H31F3N2O4/c1-28-12-13-29(11-8-16-6-9-23(32-3,10-7-16)15-31-2)20-18-14-17(24(25,26)27)4-5-19(18)33-21(20)22(28)30/h4-5,14,16H,6-13,15H2,1-3H3/t16-,23+. The van der Waals surface area contributed by atoms with Gasteiger partial charge in [0, 0.05) is 46.3 Å². The fraction of sp³-hybridized carbons (Fsp3) is 0.625. The van der Waals surface area contributed by atoms with Gasteiger partial charge in [0.2, 0.25) is 5.76 Å². The molecule has 1 amide bonds. The van der Waals surface area contributed by atoms with Gasteiger partial charge in [0.25, 0.3) is 5.91 Å². The molecule has 1 aliphatic carbocycles. The third-order valence-electron chi connectivity index (χ3n) is 7.22. The summed E-state index contributed by atoms with van der Waals surface area (Å²) in [5.74, 6) is 0.292. The number of carbonyl (C=O) groups is 1. The van der Waals surface area contributed by atoms with Crippen molar-refractivity contribution < 1.29 is 31.9 Å². The van der Waals surface area contributed by atoms with Gasteiger partial charge in [0.1, 0.15) is 5.58 Å². The first-order chi connectivity index (χ1) is 15.7. The zero-order valence-corrected chi connectivity index (χ0v) is 19.3. The van der Waals surface area contributed by atoms with Crippen LogP contribution in [0.1, 0.15) is 48.2 Å². The van der Waals surface area contributed by atoms with Gasteiger partial charge >= 0.3 is 6.18 Å². The van der Waals surface area contributed by atoms with Gasteiger partial charge in [-0.25, -0.2) is 0 Å². The maximum absolute atomic E-state index is 13.4. The van der Waals surface area contributed by atoms with Gasteiger partial charge in [-0.3, -0.25) is 4.79 Å². The molecule has 2 heterocycles. The number of anilines is 1. The van der Waals surface area contributed by atoms with Gasteiger partial charge in [0.15, 0.2) is 0 Å². The Hall–Kier alpha value is -2.26. The second-order valence-electron chi connectivity index (χ2n) is 9.25. The lowest BCUT2D eigenvalue weighted by molar-refractivity contribution is -0.137. The summed E-state index contributed by atoms with van der Waals surface area (Å²) in [6.45, 7) is 2.24. The molecular weight excluding hydrogens is 437 g/mol. The highest BCUT2D eigenvalue weighted by atomic mass is 19.4. The molecule has 0 atom stereocenters. The summed E-state index contributed by atoms with van der Waals surface area (Å²) in [5, 5.41) is 0.339. The fourth-order valence-electron chi connectivity index (χ4n) is 5.10. The Morgan fingerprint density at radius 3 is 2.55 bits per heavy atom. The number of rotatable bonds is 6. The molecule has 1 aromatic heterocycles. The van der Waals surface area contributed by atoms with Crippen LogP contribution in [0.5, 0.6) is 0 Å². The normalized spacial score (nSPS) is 24.3. The number of carbonyl (C=O) groups excluding carboxylic acids is 1. The minimum Gasteiger partial charge on any atom is -0.449 e. The quantitative estimate of drug-likeness (QED) is 0.600. The smallest absolute Gasteiger partial charge is 0.416 e. The maximum atomic E-state index is 13.4. The Morgan fingerprint density at radius 1 is 1.18 bits per heavy atom. The number of hydrogen-bond acceptors (Lipinski definition) is 5. The number of likely N-dealkylation sites (N-methyl/N-ethyl adjacent to an activating group) is 1. The van der Waals surface area contributed by atoms with Crippen LogP contribution in [0.4, 0.5) is 18.9 Å². The molecule has 182 valence electrons. The first kappa shape index (κ1) is 23.9. The number of hydrogen-bond donors (Lipinski definition) is 0. The lowest BCUT2D eigenvalue weighted by Gasteiger charge is -2.39. The SMILES string of the molecule is COC[C@]1(OC)CC[C@@H](CCN2CCN(C)C(=O)c3oc4ccc(C(F)(F)F)cc4c32)CC1. The van der Waals surface area contributed by atoms with Crippen molar-refractivity contribution in [2.75, 3.05) is 52.4 Å². The van der Waals surface area contributed by atoms with Crippen molar-refractivity contribution in [3.8, 4) is 0 Å². The van der Waals surface area contributed by atoms with Crippen LogP contribution in [0.25, 0.3) is 11.0 Å². The third-order valence-corrected chi connectivity index (χ3v) is 7.22. The molecule has 2 aromatic rings. The molecule has 1 aromatic carbocycles. The summed E-state index contributed by atoms with van der Waals surface area (Å²) in [5.41, 5.74) is -0.203. The van der Waals surface area contributed by atoms with Crippen LogP contribution in [0.2, 0.25) is 0 Å². The number of nitrogens with zero attached hydrogens (tertiary/aromatic N) is 2. The van der Waals surface area contributed by atoms with E-state index in [1.54, 1.807) is 26.2 Å². The number of furan rings is 1. The number of ether oxygens (including phenoxy) is 2. The monoisotopic (exact) mass is 468 g/mol. The van der Waals surface area contributed by atoms with E-state index in [2.05, 4.69) is 0 Å². The summed E-state index contributed by atoms with van der Waals surface area (Å²) < 4.78 is 57.0. The summed E-state index contributed by atoms with van der Waals surface area (Å²) in [4.78, 5) is 16.4. The molecule has 2 aliphatic rings. The number of halogens is 3. The summed E-state index contributed by atoms with van der Waals surface area (Å²) in [6, 6.07) is 3.40. The number of methoxy groups -OCH3 is 2. The van der Waals surface area contributed by atoms with Crippen LogP contribution < -0.4 is 4.90 Å². The predicted molar refractivity (Wildman–Crippen MR) is 119 cm³/mol. The lowest BCUT2D eigenvalue weighted by atomic mass is 9.77. The molecule has 4 rings (SSSR count). The average molecular weight is 469 g/mol. The summed E-state index contributed by atoms with van der Waals surface area (Å²) in [6.07, 6.45) is 0.251. The number of amides is 1. The predicted octanol–water partition coefficient (Wildman–Crippen LogP) is 4.96. The van der Waals surface area contributed by atoms with Crippen molar-refractivity contribution in [2.24, 2.45) is 5.92 Å². The highest BCUT2D eigenvalue weighted by molar-refractivity contribution is 6.07. The van der Waals surface area contributed by atoms with Crippen molar-refractivity contribution in [3.05, 3.63) is 29.5 Å². The van der Waals surface area contributed by atoms with Crippen molar-refractivity contribution in [1.82, 2.24) is 4.90 Å². The first-order valence-corrected chi connectivity index (χ1v) is 11.4. The van der Waals surface area contributed by atoms with E-state index in [-0.39, 0.29) is 17.3 Å². The van der Waals surface area contributed by atoms with E-state index < -0.39 is 11.7 Å². The number of fused-ring (bicyclic) bond motifs is 3. The van der Waals surface area contributed by atoms with Gasteiger partial charge in [-0.2, -0.15) is 13.2 Å². The number of benzene rings is 1. The largest absolute Gasteiger partial charge is 0.449 e. The van der Waals surface area contributed by atoms with E-state index in [1.165, 1.54) is 6.07 Å². The van der Waals surface area contributed by atoms with Gasteiger partial charge < -0.3 is 23.7 Å². The summed E-state index contributed by atoms with van der Waals surface area (Å²) >= 11 is 0. The fourth-order valence-corrected chi connectivity index (χ4v) is 5.10. The molecular formula is C24H31F3N2O4. The Labute approximate surface area is 191 Å². The molecule has 9 heteroatoms. The van der Waals surface area contributed by atoms with E-state index in [9.17, 15) is 18.0 Å². The van der Waals surface area contributed by atoms with Crippen LogP contribution in [0.3, 0.4) is 0 Å². The second-order valence-corrected chi connectivity index (χ2v) is 9.25. The Bertz CT molecular complexity index is 995. The lowest BCUT2D eigenvalue weighted by Crippen LogP contribution is -2.41. The minimum absolute atomic E-state index is 0.117. The zero-order chi connectivity index (χ0) is 23.8. The Morgan fingerprint density at radius 2 is 1.91 bits per heavy atom. The molecule has 0 saturated heterocycles. The van der Waals surface area contributed by atoms with Crippen LogP contribution in [-0.4, -0.2) is 63.9 Å². The van der Waals surface area contributed by atoms with E-state index in [0.29, 0.717) is 48.8 Å². The molecule has 0 unspecified atom stereocenters. The highest BCUT2D eigenvalue weighted by Crippen LogP contribution is 2.41. The van der Waals surface area contributed by atoms with Gasteiger partial charge in [0.05, 0.1) is 23.5 Å². The highest BCUT2D eigenvalue weighted by Gasteiger charge is 2.37. The molecule has 0 spiro atoms. The maximum Gasteiger partial charge on any atom is 0.416 e. The molecule has 0 radical (unpaired) electrons. The van der Waals surface area contributed by atoms with Crippen LogP contribution in [0, 0.1) is 5.92 Å². The third kappa shape index (κ3) is 4.71. The molecule has 0 bridgehead atoms. The zero-order valence-electron chi connectivity index (χ0n) is 19.3. The second kappa shape index (κ2) is 9.18. The van der Waals surface area contributed by atoms with Crippen molar-refractivity contribution in [2.45, 2.75) is 43.9 Å². The molecule has 1 aliphatic heterocycles. The van der Waals surface area contributed by atoms with E-state index in [0.717, 1.165) is 44.2 Å². The molecule has 1 fully saturated rings. The average Bonchev–Trinajstić information content (AvgIpc) is 3.12. The topological polar surface area (TPSA) is 55.2 Å². The number of alkyl halides is 3. The van der Waals surface area contributed by atoms with Crippen LogP contribution in [0.15, 0.2) is 22.6 Å². The molecule has 6 nitrogen and oxygen atoms in total. The Kier molecular flexibility index (Phi) is 6.64. The van der Waals surface area contributed by atoms with Gasteiger partial charge in [-0.1, -0.05) is 0 Å². The minimum atomic E-state index is -4.47. The van der Waals surface area contributed by atoms with E-state index in [4.69, 9.17) is 13.9 Å². The van der Waals surface area contributed by atoms with Gasteiger partial charge in [-0.05, 0) is 56.2 Å². The van der Waals surface area contributed by atoms with Crippen LogP contribution in [-0.2, 0) is 15.7 Å². The van der Waals surface area contributed by atoms with E-state index in [1.807, 2.05) is 4.90 Å². The van der Waals surface area contributed by atoms with Gasteiger partial charge in [-0.15, -0.1) is 0 Å². The summed E-state index contributed by atoms with van der Waals surface area (Å²) in [7, 11) is 5.09. The van der Waals surface area contributed by atoms with E-state index >= 15 is 0 Å². The van der Waals surface area contributed by atoms with Crippen molar-refractivity contribution >= 4 is 22.6 Å².